The summed E-state index contributed by atoms with van der Waals surface area (Å²) >= 11 is 11.7. The Morgan fingerprint density at radius 3 is 1.49 bits per heavy atom. The molecule has 6 atom stereocenters. The Labute approximate surface area is 590 Å². The van der Waals surface area contributed by atoms with Gasteiger partial charge in [0.25, 0.3) is 0 Å². The molecule has 2 saturated carbocycles. The second-order valence-corrected chi connectivity index (χ2v) is 33.6. The summed E-state index contributed by atoms with van der Waals surface area (Å²) in [4.78, 5) is 58.3. The number of phenols is 2. The maximum Gasteiger partial charge on any atom is 0.351 e. The van der Waals surface area contributed by atoms with Crippen molar-refractivity contribution in [3.63, 3.8) is 0 Å². The lowest BCUT2D eigenvalue weighted by Gasteiger charge is -2.49. The molecule has 0 spiro atoms. The number of esters is 1. The number of halogens is 2. The number of Topliss-reactive ketones (excluding diaryl/α,β-unsaturated/α-hetero) is 1. The van der Waals surface area contributed by atoms with Gasteiger partial charge in [0.05, 0.1) is 6.61 Å². The van der Waals surface area contributed by atoms with E-state index in [-0.39, 0.29) is 69.5 Å². The van der Waals surface area contributed by atoms with Gasteiger partial charge in [-0.3, -0.25) is 4.79 Å². The number of alkyl halides is 2. The Kier molecular flexibility index (Phi) is 20.6. The molecular weight excluding hydrogens is 1270 g/mol. The molecule has 98 heavy (non-hydrogen) atoms. The van der Waals surface area contributed by atoms with E-state index >= 15 is 0 Å². The highest BCUT2D eigenvalue weighted by atomic mass is 35.5. The standard InChI is InChI=1S/C42H54ClNO5.C41H52ClNO6/c1-41(2,17-7-5-6-8-18-43)29-24-35(46)37-31-21-26(13-15-33(31)42(3,4)49-36(37)25-29)14-16-34(45)32-23-28-22-27-11-9-19-44-20-10-12-30(38(27)44)39(28)48-40(32)47;1-40(2,15-7-5-6-8-16-42)28-22-33(44)35-30-19-25(13-14-32(30)41(3,4)49-34(35)23-28)24-47-38(45)31-21-27-20-26-11-9-17-43-18-10-12-29(36(26)43)37(27)48-39(31)46/h22-26,31,33,46H,5-21H2,1-4H3;20-23,25,30,32,44H,5-19,24H2,1-4H3/t26-,31+,33+;25-,30-,32-/m01/s1. The van der Waals surface area contributed by atoms with Gasteiger partial charge in [-0.1, -0.05) is 66.2 Å². The average molecular weight is 1380 g/mol. The number of anilines is 2. The van der Waals surface area contributed by atoms with Crippen LogP contribution in [0.2, 0.25) is 0 Å². The largest absolute Gasteiger partial charge is 0.508 e. The van der Waals surface area contributed by atoms with Crippen molar-refractivity contribution < 1.29 is 42.8 Å². The van der Waals surface area contributed by atoms with Gasteiger partial charge in [0.15, 0.2) is 5.78 Å². The van der Waals surface area contributed by atoms with Crippen LogP contribution in [0.3, 0.4) is 0 Å². The molecule has 2 aliphatic carbocycles. The summed E-state index contributed by atoms with van der Waals surface area (Å²) in [5, 5.41) is 24.8. The molecular formula is C83H106Cl2N2O11. The minimum Gasteiger partial charge on any atom is -0.508 e. The summed E-state index contributed by atoms with van der Waals surface area (Å²) in [5.74, 6) is 4.07. The zero-order chi connectivity index (χ0) is 69.0. The third-order valence-electron chi connectivity index (χ3n) is 24.5. The first-order valence-corrected chi connectivity index (χ1v) is 38.7. The number of carbonyl (C=O) groups excluding carboxylic acids is 2. The number of nitrogens with zero attached hydrogens (tertiary/aromatic N) is 2. The van der Waals surface area contributed by atoms with E-state index in [4.69, 9.17) is 46.2 Å². The number of phenolic OH excluding ortho intramolecular Hbond substituents is 2. The predicted octanol–water partition coefficient (Wildman–Crippen LogP) is 19.2. The highest BCUT2D eigenvalue weighted by molar-refractivity contribution is 6.18. The first-order chi connectivity index (χ1) is 46.9. The molecule has 0 unspecified atom stereocenters. The monoisotopic (exact) mass is 1380 g/mol. The van der Waals surface area contributed by atoms with Crippen molar-refractivity contribution in [1.82, 2.24) is 0 Å². The number of benzene rings is 4. The van der Waals surface area contributed by atoms with Crippen molar-refractivity contribution in [2.75, 3.05) is 54.3 Å². The van der Waals surface area contributed by atoms with Crippen molar-refractivity contribution in [1.29, 1.82) is 0 Å². The van der Waals surface area contributed by atoms with Gasteiger partial charge in [0.1, 0.15) is 56.5 Å². The van der Waals surface area contributed by atoms with Crippen LogP contribution < -0.4 is 30.5 Å². The zero-order valence-electron chi connectivity index (χ0n) is 59.6. The van der Waals surface area contributed by atoms with E-state index in [0.29, 0.717) is 40.9 Å². The van der Waals surface area contributed by atoms with Crippen LogP contribution in [0.5, 0.6) is 23.0 Å². The van der Waals surface area contributed by atoms with Crippen LogP contribution in [-0.2, 0) is 41.3 Å². The predicted molar refractivity (Wildman–Crippen MR) is 393 cm³/mol. The molecule has 4 aromatic carbocycles. The molecule has 0 amide bonds. The number of unbranched alkanes of at least 4 members (excludes halogenated alkanes) is 6. The van der Waals surface area contributed by atoms with Crippen molar-refractivity contribution in [3.05, 3.63) is 125 Å². The topological polar surface area (TPSA) is 169 Å². The molecule has 6 aromatic rings. The van der Waals surface area contributed by atoms with Gasteiger partial charge in [0, 0.05) is 101 Å². The number of rotatable bonds is 21. The van der Waals surface area contributed by atoms with E-state index in [1.165, 1.54) is 22.5 Å². The molecule has 8 heterocycles. The van der Waals surface area contributed by atoms with Crippen molar-refractivity contribution >= 4 is 68.3 Å². The van der Waals surface area contributed by atoms with E-state index < -0.39 is 22.8 Å². The number of aryl methyl sites for hydroxylation is 4. The zero-order valence-corrected chi connectivity index (χ0v) is 61.1. The normalized spacial score (nSPS) is 22.6. The number of carbonyl (C=O) groups is 2. The molecule has 528 valence electrons. The second kappa shape index (κ2) is 28.7. The third kappa shape index (κ3) is 14.1. The molecule has 13 nitrogen and oxygen atoms in total. The first-order valence-electron chi connectivity index (χ1n) is 37.6. The molecule has 15 heteroatoms. The van der Waals surface area contributed by atoms with E-state index in [1.54, 1.807) is 12.1 Å². The van der Waals surface area contributed by atoms with E-state index in [9.17, 15) is 29.4 Å². The van der Waals surface area contributed by atoms with Gasteiger partial charge in [-0.05, 0) is 255 Å². The Balaban J connectivity index is 0.000000176. The fourth-order valence-electron chi connectivity index (χ4n) is 19.2. The third-order valence-corrected chi connectivity index (χ3v) is 25.1. The fraction of sp³-hybridized carbons (Fsp3) is 0.614. The number of ether oxygens (including phenoxy) is 3. The van der Waals surface area contributed by atoms with Crippen molar-refractivity contribution in [2.45, 2.75) is 256 Å². The van der Waals surface area contributed by atoms with Gasteiger partial charge in [-0.25, -0.2) is 14.4 Å². The lowest BCUT2D eigenvalue weighted by Crippen LogP contribution is -2.47. The number of ketones is 1. The van der Waals surface area contributed by atoms with Crippen LogP contribution >= 0.6 is 23.2 Å². The Morgan fingerprint density at radius 2 is 1.00 bits per heavy atom. The van der Waals surface area contributed by atoms with E-state index in [1.807, 2.05) is 12.1 Å². The van der Waals surface area contributed by atoms with Crippen LogP contribution in [0.1, 0.15) is 274 Å². The molecule has 14 rings (SSSR count). The molecule has 6 aliphatic heterocycles. The van der Waals surface area contributed by atoms with Crippen LogP contribution in [0.25, 0.3) is 21.9 Å². The smallest absolute Gasteiger partial charge is 0.351 e. The summed E-state index contributed by atoms with van der Waals surface area (Å²) in [6.45, 7) is 22.1. The SMILES string of the molecule is CC(C)(CCCCCCCl)c1cc(O)c2c(c1)OC(C)(C)[C@@H]1CC[C@@H](CCC(=O)c3cc4cc5c6c(c4oc3=O)CCCN6CCC5)C[C@@H]21.CC(C)(CCCCCCCl)c1cc(O)c2c(c1)OC(C)(C)[C@@H]1CC[C@@H](COC(=O)c3cc4cc5c6c(c4oc3=O)CCCN6CCC5)C[C@@H]21. The molecule has 2 N–H and O–H groups in total. The minimum absolute atomic E-state index is 0.0406. The minimum atomic E-state index is -0.635. The Bertz CT molecular complexity index is 3840. The summed E-state index contributed by atoms with van der Waals surface area (Å²) in [6.07, 6.45) is 25.6. The van der Waals surface area contributed by atoms with Crippen LogP contribution in [0, 0.1) is 23.7 Å². The van der Waals surface area contributed by atoms with E-state index in [2.05, 4.69) is 89.5 Å². The Hall–Kier alpha value is -6.18. The van der Waals surface area contributed by atoms with Gasteiger partial charge >= 0.3 is 17.2 Å². The number of aromatic hydroxyl groups is 2. The van der Waals surface area contributed by atoms with Gasteiger partial charge < -0.3 is 43.1 Å². The van der Waals surface area contributed by atoms with Crippen LogP contribution in [0.4, 0.5) is 11.4 Å². The fourth-order valence-corrected chi connectivity index (χ4v) is 19.5. The van der Waals surface area contributed by atoms with Gasteiger partial charge in [-0.2, -0.15) is 0 Å². The summed E-state index contributed by atoms with van der Waals surface area (Å²) in [6, 6.07) is 16.0. The van der Waals surface area contributed by atoms with Crippen LogP contribution in [0.15, 0.2) is 67.0 Å². The van der Waals surface area contributed by atoms with Crippen LogP contribution in [-0.4, -0.2) is 77.7 Å². The summed E-state index contributed by atoms with van der Waals surface area (Å²) in [7, 11) is 0. The van der Waals surface area contributed by atoms with Crippen molar-refractivity contribution in [2.24, 2.45) is 23.7 Å². The summed E-state index contributed by atoms with van der Waals surface area (Å²) < 4.78 is 31.0. The quantitative estimate of drug-likeness (QED) is 0.0230. The molecule has 0 bridgehead atoms. The number of fused-ring (bicyclic) bond motifs is 10. The molecule has 2 aromatic heterocycles. The second-order valence-electron chi connectivity index (χ2n) is 32.9. The number of hydrogen-bond acceptors (Lipinski definition) is 13. The highest BCUT2D eigenvalue weighted by Crippen LogP contribution is 2.59. The molecule has 0 radical (unpaired) electrons. The van der Waals surface area contributed by atoms with E-state index in [0.717, 1.165) is 248 Å². The summed E-state index contributed by atoms with van der Waals surface area (Å²) in [5.41, 5.74) is 10.7. The molecule has 8 aliphatic rings. The highest BCUT2D eigenvalue weighted by Gasteiger charge is 2.50. The maximum absolute atomic E-state index is 13.6. The van der Waals surface area contributed by atoms with Crippen molar-refractivity contribution in [3.8, 4) is 23.0 Å². The van der Waals surface area contributed by atoms with Gasteiger partial charge in [-0.15, -0.1) is 23.2 Å². The maximum atomic E-state index is 13.6. The number of hydrogen-bond donors (Lipinski definition) is 2. The average Bonchev–Trinajstić information content (AvgIpc) is 0.746. The Morgan fingerprint density at radius 1 is 0.561 bits per heavy atom. The first kappa shape index (κ1) is 70.3. The molecule has 2 fully saturated rings. The lowest BCUT2D eigenvalue weighted by molar-refractivity contribution is -0.0241. The van der Waals surface area contributed by atoms with Gasteiger partial charge in [0.2, 0.25) is 0 Å². The lowest BCUT2D eigenvalue weighted by atomic mass is 9.63. The molecule has 0 saturated heterocycles.